The zero-order valence-corrected chi connectivity index (χ0v) is 20.2. The smallest absolute Gasteiger partial charge is 0.333 e. The second kappa shape index (κ2) is 8.75. The number of fused-ring (bicyclic) bond motifs is 1. The Morgan fingerprint density at radius 3 is 2.83 bits per heavy atom. The Labute approximate surface area is 206 Å². The summed E-state index contributed by atoms with van der Waals surface area (Å²) in [5, 5.41) is 10.5. The van der Waals surface area contributed by atoms with Crippen LogP contribution in [0.25, 0.3) is 5.00 Å². The van der Waals surface area contributed by atoms with E-state index in [1.54, 1.807) is 12.4 Å². The fourth-order valence-corrected chi connectivity index (χ4v) is 5.92. The molecule has 3 aromatic rings. The van der Waals surface area contributed by atoms with E-state index in [2.05, 4.69) is 22.0 Å². The number of anilines is 1. The van der Waals surface area contributed by atoms with Gasteiger partial charge in [0.15, 0.2) is 5.13 Å². The summed E-state index contributed by atoms with van der Waals surface area (Å²) in [6.45, 7) is 2.11. The van der Waals surface area contributed by atoms with Crippen molar-refractivity contribution in [2.75, 3.05) is 24.6 Å². The fourth-order valence-electron chi connectivity index (χ4n) is 4.97. The van der Waals surface area contributed by atoms with Crippen molar-refractivity contribution in [3.8, 4) is 16.5 Å². The standard InChI is InChI=1S/C25H28N4O5S/c30-22(31)15-28-12-13-29(24(28)32)21-14-26-23(35-21)27-10-8-25(9-11-27)7-6-18-19(33-16-17-4-5-17)2-1-3-20(18)34-25/h1-3,12-14,17H,4-11,15-16H2,(H,30,31). The van der Waals surface area contributed by atoms with E-state index in [-0.39, 0.29) is 17.8 Å². The van der Waals surface area contributed by atoms with Crippen LogP contribution < -0.4 is 20.1 Å². The number of nitrogens with zero attached hydrogens (tertiary/aromatic N) is 4. The van der Waals surface area contributed by atoms with E-state index in [1.807, 2.05) is 6.07 Å². The molecule has 0 amide bonds. The average molecular weight is 497 g/mol. The highest BCUT2D eigenvalue weighted by molar-refractivity contribution is 7.18. The molecular formula is C25H28N4O5S. The molecule has 9 nitrogen and oxygen atoms in total. The van der Waals surface area contributed by atoms with Crippen LogP contribution in [0.2, 0.25) is 0 Å². The van der Waals surface area contributed by atoms with Gasteiger partial charge in [0.05, 0.1) is 12.8 Å². The maximum Gasteiger partial charge on any atom is 0.333 e. The Kier molecular flexibility index (Phi) is 5.55. The number of thiazole rings is 1. The first-order chi connectivity index (χ1) is 17.0. The normalized spacial score (nSPS) is 18.8. The predicted octanol–water partition coefficient (Wildman–Crippen LogP) is 3.33. The van der Waals surface area contributed by atoms with Crippen LogP contribution in [0.4, 0.5) is 5.13 Å². The summed E-state index contributed by atoms with van der Waals surface area (Å²) in [7, 11) is 0. The van der Waals surface area contributed by atoms with Crippen LogP contribution in [0, 0.1) is 5.92 Å². The van der Waals surface area contributed by atoms with Crippen LogP contribution in [0.5, 0.6) is 11.5 Å². The highest BCUT2D eigenvalue weighted by atomic mass is 32.1. The van der Waals surface area contributed by atoms with Gasteiger partial charge in [-0.15, -0.1) is 0 Å². The predicted molar refractivity (Wildman–Crippen MR) is 131 cm³/mol. The van der Waals surface area contributed by atoms with Gasteiger partial charge in [-0.2, -0.15) is 0 Å². The number of carboxylic acid groups (broad SMARTS) is 1. The van der Waals surface area contributed by atoms with Crippen molar-refractivity contribution in [3.63, 3.8) is 0 Å². The SMILES string of the molecule is O=C(O)Cn1ccn(-c2cnc(N3CCC4(CCc5c(OCC6CC6)cccc5O4)CC3)s2)c1=O. The molecule has 3 aliphatic rings. The lowest BCUT2D eigenvalue weighted by Crippen LogP contribution is -2.49. The lowest BCUT2D eigenvalue weighted by Gasteiger charge is -2.44. The fraction of sp³-hybridized carbons (Fsp3) is 0.480. The van der Waals surface area contributed by atoms with Gasteiger partial charge in [0.2, 0.25) is 0 Å². The second-order valence-corrected chi connectivity index (χ2v) is 10.7. The van der Waals surface area contributed by atoms with Gasteiger partial charge < -0.3 is 19.5 Å². The van der Waals surface area contributed by atoms with Gasteiger partial charge in [0.25, 0.3) is 0 Å². The molecule has 6 rings (SSSR count). The molecule has 0 unspecified atom stereocenters. The molecule has 1 aliphatic carbocycles. The summed E-state index contributed by atoms with van der Waals surface area (Å²) >= 11 is 1.44. The van der Waals surface area contributed by atoms with E-state index in [4.69, 9.17) is 14.6 Å². The highest BCUT2D eigenvalue weighted by Crippen LogP contribution is 2.44. The van der Waals surface area contributed by atoms with Gasteiger partial charge >= 0.3 is 11.7 Å². The van der Waals surface area contributed by atoms with Crippen molar-refractivity contribution in [3.05, 3.63) is 52.8 Å². The Hall–Kier alpha value is -3.27. The van der Waals surface area contributed by atoms with Crippen LogP contribution >= 0.6 is 11.3 Å². The van der Waals surface area contributed by atoms with Crippen molar-refractivity contribution >= 4 is 22.4 Å². The largest absolute Gasteiger partial charge is 0.493 e. The summed E-state index contributed by atoms with van der Waals surface area (Å²) in [5.41, 5.74) is 0.657. The molecule has 2 aliphatic heterocycles. The molecule has 2 fully saturated rings. The Bertz CT molecular complexity index is 1300. The van der Waals surface area contributed by atoms with Crippen LogP contribution in [0.3, 0.4) is 0 Å². The van der Waals surface area contributed by atoms with Crippen LogP contribution in [0.15, 0.2) is 41.6 Å². The molecule has 1 saturated heterocycles. The quantitative estimate of drug-likeness (QED) is 0.536. The molecule has 1 aromatic carbocycles. The summed E-state index contributed by atoms with van der Waals surface area (Å²) in [6.07, 6.45) is 11.1. The minimum atomic E-state index is -1.05. The van der Waals surface area contributed by atoms with Crippen LogP contribution in [-0.2, 0) is 17.8 Å². The topological polar surface area (TPSA) is 98.8 Å². The maximum absolute atomic E-state index is 12.5. The molecule has 0 atom stereocenters. The second-order valence-electron chi connectivity index (χ2n) is 9.71. The Balaban J connectivity index is 1.11. The molecular weight excluding hydrogens is 468 g/mol. The van der Waals surface area contributed by atoms with Gasteiger partial charge in [-0.25, -0.2) is 9.78 Å². The molecule has 1 spiro atoms. The van der Waals surface area contributed by atoms with Gasteiger partial charge in [-0.05, 0) is 43.7 Å². The summed E-state index contributed by atoms with van der Waals surface area (Å²) < 4.78 is 15.3. The number of hydrogen-bond acceptors (Lipinski definition) is 7. The number of carbonyl (C=O) groups is 1. The molecule has 2 aromatic heterocycles. The van der Waals surface area contributed by atoms with E-state index in [9.17, 15) is 9.59 Å². The molecule has 10 heteroatoms. The number of piperidine rings is 1. The number of carboxylic acids is 1. The molecule has 4 heterocycles. The van der Waals surface area contributed by atoms with Gasteiger partial charge in [-0.3, -0.25) is 13.9 Å². The number of aliphatic carboxylic acids is 1. The van der Waals surface area contributed by atoms with Crippen LogP contribution in [0.1, 0.15) is 37.7 Å². The van der Waals surface area contributed by atoms with Gasteiger partial charge in [-0.1, -0.05) is 17.4 Å². The molecule has 184 valence electrons. The first-order valence-electron chi connectivity index (χ1n) is 12.1. The third-order valence-corrected chi connectivity index (χ3v) is 8.29. The lowest BCUT2D eigenvalue weighted by molar-refractivity contribution is -0.137. The van der Waals surface area contributed by atoms with E-state index < -0.39 is 5.97 Å². The Morgan fingerprint density at radius 2 is 2.06 bits per heavy atom. The number of aromatic nitrogens is 3. The first kappa shape index (κ1) is 22.2. The van der Waals surface area contributed by atoms with E-state index >= 15 is 0 Å². The van der Waals surface area contributed by atoms with E-state index in [0.29, 0.717) is 5.00 Å². The monoisotopic (exact) mass is 496 g/mol. The van der Waals surface area contributed by atoms with Crippen molar-refractivity contribution in [1.82, 2.24) is 14.1 Å². The third-order valence-electron chi connectivity index (χ3n) is 7.24. The summed E-state index contributed by atoms with van der Waals surface area (Å²) in [6, 6.07) is 6.15. The molecule has 0 radical (unpaired) electrons. The number of benzene rings is 1. The lowest BCUT2D eigenvalue weighted by atomic mass is 9.83. The van der Waals surface area contributed by atoms with Crippen molar-refractivity contribution in [1.29, 1.82) is 0 Å². The Morgan fingerprint density at radius 1 is 1.23 bits per heavy atom. The molecule has 1 N–H and O–H groups in total. The maximum atomic E-state index is 12.5. The van der Waals surface area contributed by atoms with Crippen molar-refractivity contribution in [2.45, 2.75) is 50.7 Å². The highest BCUT2D eigenvalue weighted by Gasteiger charge is 2.41. The number of hydrogen-bond donors (Lipinski definition) is 1. The minimum absolute atomic E-state index is 0.163. The molecule has 35 heavy (non-hydrogen) atoms. The van der Waals surface area contributed by atoms with Crippen LogP contribution in [-0.4, -0.2) is 50.5 Å². The van der Waals surface area contributed by atoms with Crippen molar-refractivity contribution < 1.29 is 19.4 Å². The van der Waals surface area contributed by atoms with E-state index in [0.717, 1.165) is 67.9 Å². The van der Waals surface area contributed by atoms with Gasteiger partial charge in [0.1, 0.15) is 28.6 Å². The minimum Gasteiger partial charge on any atom is -0.493 e. The molecule has 1 saturated carbocycles. The summed E-state index contributed by atoms with van der Waals surface area (Å²) in [4.78, 5) is 30.2. The summed E-state index contributed by atoms with van der Waals surface area (Å²) in [5.74, 6) is 1.61. The number of rotatable bonds is 7. The van der Waals surface area contributed by atoms with E-state index in [1.165, 1.54) is 45.1 Å². The zero-order valence-electron chi connectivity index (χ0n) is 19.4. The first-order valence-corrected chi connectivity index (χ1v) is 13.0. The number of imidazole rings is 1. The average Bonchev–Trinajstić information content (AvgIpc) is 3.45. The van der Waals surface area contributed by atoms with Crippen molar-refractivity contribution in [2.24, 2.45) is 5.92 Å². The molecule has 0 bridgehead atoms. The third kappa shape index (κ3) is 4.42. The van der Waals surface area contributed by atoms with Gasteiger partial charge in [0, 0.05) is 43.9 Å². The number of ether oxygens (including phenoxy) is 2. The zero-order chi connectivity index (χ0) is 24.0.